The molecular formula is C18H15ClFN3O2. The summed E-state index contributed by atoms with van der Waals surface area (Å²) in [5.41, 5.74) is 1.22. The van der Waals surface area contributed by atoms with Crippen LogP contribution >= 0.6 is 11.6 Å². The molecule has 2 aromatic rings. The normalized spacial score (nSPS) is 14.0. The third-order valence-electron chi connectivity index (χ3n) is 3.91. The molecule has 0 aliphatic carbocycles. The number of amides is 1. The third kappa shape index (κ3) is 3.73. The second kappa shape index (κ2) is 7.51. The van der Waals surface area contributed by atoms with E-state index >= 15 is 0 Å². The van der Waals surface area contributed by atoms with Gasteiger partial charge < -0.3 is 15.0 Å². The maximum absolute atomic E-state index is 14.1. The lowest BCUT2D eigenvalue weighted by Crippen LogP contribution is -2.37. The number of nitriles is 1. The number of rotatable bonds is 3. The first-order valence-electron chi connectivity index (χ1n) is 7.72. The lowest BCUT2D eigenvalue weighted by Gasteiger charge is -2.31. The summed E-state index contributed by atoms with van der Waals surface area (Å²) in [5.74, 6) is -1.34. The third-order valence-corrected chi connectivity index (χ3v) is 4.21. The maximum atomic E-state index is 14.1. The van der Waals surface area contributed by atoms with Crippen LogP contribution in [0.3, 0.4) is 0 Å². The van der Waals surface area contributed by atoms with E-state index in [0.29, 0.717) is 42.7 Å². The number of carbonyl (C=O) groups excluding carboxylic acids is 1. The summed E-state index contributed by atoms with van der Waals surface area (Å²) in [4.78, 5) is 14.5. The minimum Gasteiger partial charge on any atom is -0.378 e. The van der Waals surface area contributed by atoms with Crippen LogP contribution in [0.5, 0.6) is 0 Å². The van der Waals surface area contributed by atoms with Gasteiger partial charge in [0.05, 0.1) is 46.8 Å². The van der Waals surface area contributed by atoms with Crippen molar-refractivity contribution in [3.63, 3.8) is 0 Å². The zero-order valence-corrected chi connectivity index (χ0v) is 14.0. The van der Waals surface area contributed by atoms with Gasteiger partial charge in [0.1, 0.15) is 5.82 Å². The number of ether oxygens (including phenoxy) is 1. The fraction of sp³-hybridized carbons (Fsp3) is 0.222. The number of benzene rings is 2. The lowest BCUT2D eigenvalue weighted by molar-refractivity contribution is 0.102. The van der Waals surface area contributed by atoms with Gasteiger partial charge in [-0.1, -0.05) is 17.7 Å². The summed E-state index contributed by atoms with van der Waals surface area (Å²) in [6.45, 7) is 2.45. The zero-order valence-electron chi connectivity index (χ0n) is 13.3. The smallest absolute Gasteiger partial charge is 0.258 e. The van der Waals surface area contributed by atoms with Crippen molar-refractivity contribution in [2.75, 3.05) is 36.5 Å². The number of anilines is 2. The summed E-state index contributed by atoms with van der Waals surface area (Å²) in [7, 11) is 0. The molecule has 3 rings (SSSR count). The van der Waals surface area contributed by atoms with Crippen LogP contribution < -0.4 is 10.2 Å². The Balaban J connectivity index is 1.89. The Bertz CT molecular complexity index is 845. The summed E-state index contributed by atoms with van der Waals surface area (Å²) in [6, 6.07) is 10.7. The van der Waals surface area contributed by atoms with E-state index in [1.54, 1.807) is 18.2 Å². The molecule has 128 valence electrons. The van der Waals surface area contributed by atoms with E-state index in [2.05, 4.69) is 5.32 Å². The van der Waals surface area contributed by atoms with Gasteiger partial charge in [0.25, 0.3) is 5.91 Å². The van der Waals surface area contributed by atoms with Crippen molar-refractivity contribution in [2.45, 2.75) is 0 Å². The van der Waals surface area contributed by atoms with Gasteiger partial charge in [0, 0.05) is 13.1 Å². The highest BCUT2D eigenvalue weighted by atomic mass is 35.5. The quantitative estimate of drug-likeness (QED) is 0.911. The first-order chi connectivity index (χ1) is 12.1. The molecular weight excluding hydrogens is 345 g/mol. The minimum absolute atomic E-state index is 0.132. The van der Waals surface area contributed by atoms with Crippen LogP contribution in [-0.4, -0.2) is 32.2 Å². The number of carbonyl (C=O) groups is 1. The van der Waals surface area contributed by atoms with Gasteiger partial charge >= 0.3 is 0 Å². The van der Waals surface area contributed by atoms with Crippen LogP contribution in [0, 0.1) is 17.1 Å². The number of hydrogen-bond acceptors (Lipinski definition) is 4. The van der Waals surface area contributed by atoms with E-state index in [1.807, 2.05) is 11.0 Å². The van der Waals surface area contributed by atoms with E-state index in [4.69, 9.17) is 21.6 Å². The largest absolute Gasteiger partial charge is 0.378 e. The molecule has 1 N–H and O–H groups in total. The molecule has 1 fully saturated rings. The highest BCUT2D eigenvalue weighted by Crippen LogP contribution is 2.34. The van der Waals surface area contributed by atoms with E-state index in [-0.39, 0.29) is 11.1 Å². The molecule has 1 heterocycles. The summed E-state index contributed by atoms with van der Waals surface area (Å²) < 4.78 is 19.4. The minimum atomic E-state index is -0.744. The summed E-state index contributed by atoms with van der Waals surface area (Å²) in [5, 5.41) is 12.0. The van der Waals surface area contributed by atoms with E-state index in [9.17, 15) is 9.18 Å². The van der Waals surface area contributed by atoms with Crippen molar-refractivity contribution < 1.29 is 13.9 Å². The Labute approximate surface area is 149 Å². The molecule has 0 bridgehead atoms. The second-order valence-electron chi connectivity index (χ2n) is 5.50. The Morgan fingerprint density at radius 2 is 2.04 bits per heavy atom. The molecule has 0 aromatic heterocycles. The van der Waals surface area contributed by atoms with Crippen LogP contribution in [0.1, 0.15) is 15.9 Å². The fourth-order valence-electron chi connectivity index (χ4n) is 2.68. The average molecular weight is 360 g/mol. The molecule has 0 radical (unpaired) electrons. The summed E-state index contributed by atoms with van der Waals surface area (Å²) >= 11 is 6.32. The number of morpholine rings is 1. The van der Waals surface area contributed by atoms with Crippen molar-refractivity contribution >= 4 is 28.9 Å². The maximum Gasteiger partial charge on any atom is 0.258 e. The van der Waals surface area contributed by atoms with Gasteiger partial charge in [-0.15, -0.1) is 0 Å². The van der Waals surface area contributed by atoms with Gasteiger partial charge in [-0.25, -0.2) is 4.39 Å². The molecule has 1 aliphatic heterocycles. The summed E-state index contributed by atoms with van der Waals surface area (Å²) in [6.07, 6.45) is 0. The molecule has 0 saturated carbocycles. The monoisotopic (exact) mass is 359 g/mol. The number of para-hydroxylation sites is 1. The van der Waals surface area contributed by atoms with Crippen molar-refractivity contribution in [1.82, 2.24) is 0 Å². The van der Waals surface area contributed by atoms with Gasteiger partial charge in [-0.05, 0) is 30.3 Å². The van der Waals surface area contributed by atoms with Crippen molar-refractivity contribution in [3.8, 4) is 6.07 Å². The predicted octanol–water partition coefficient (Wildman–Crippen LogP) is 3.44. The number of nitrogens with one attached hydrogen (secondary N) is 1. The number of hydrogen-bond donors (Lipinski definition) is 1. The molecule has 1 saturated heterocycles. The molecule has 25 heavy (non-hydrogen) atoms. The Morgan fingerprint density at radius 3 is 2.72 bits per heavy atom. The van der Waals surface area contributed by atoms with Crippen LogP contribution in [0.2, 0.25) is 5.02 Å². The first-order valence-corrected chi connectivity index (χ1v) is 8.10. The number of halogens is 2. The second-order valence-corrected chi connectivity index (χ2v) is 5.90. The first kappa shape index (κ1) is 17.2. The SMILES string of the molecule is N#Cc1ccc(C(=O)Nc2cccc(Cl)c2N2CCOCC2)c(F)c1. The molecule has 5 nitrogen and oxygen atoms in total. The molecule has 1 aliphatic rings. The Kier molecular flexibility index (Phi) is 5.17. The van der Waals surface area contributed by atoms with Crippen molar-refractivity contribution in [1.29, 1.82) is 5.26 Å². The molecule has 0 atom stereocenters. The molecule has 0 spiro atoms. The van der Waals surface area contributed by atoms with E-state index < -0.39 is 11.7 Å². The number of nitrogens with zero attached hydrogens (tertiary/aromatic N) is 2. The van der Waals surface area contributed by atoms with Crippen LogP contribution in [-0.2, 0) is 4.74 Å². The van der Waals surface area contributed by atoms with Gasteiger partial charge in [-0.3, -0.25) is 4.79 Å². The van der Waals surface area contributed by atoms with Gasteiger partial charge in [0.15, 0.2) is 0 Å². The zero-order chi connectivity index (χ0) is 17.8. The van der Waals surface area contributed by atoms with Crippen LogP contribution in [0.25, 0.3) is 0 Å². The average Bonchev–Trinajstić information content (AvgIpc) is 2.62. The topological polar surface area (TPSA) is 65.4 Å². The molecule has 7 heteroatoms. The fourth-order valence-corrected chi connectivity index (χ4v) is 2.98. The van der Waals surface area contributed by atoms with Gasteiger partial charge in [0.2, 0.25) is 0 Å². The highest BCUT2D eigenvalue weighted by Gasteiger charge is 2.20. The van der Waals surface area contributed by atoms with Gasteiger partial charge in [-0.2, -0.15) is 5.26 Å². The highest BCUT2D eigenvalue weighted by molar-refractivity contribution is 6.34. The molecule has 1 amide bonds. The molecule has 2 aromatic carbocycles. The Morgan fingerprint density at radius 1 is 1.28 bits per heavy atom. The molecule has 0 unspecified atom stereocenters. The Hall–Kier alpha value is -2.62. The van der Waals surface area contributed by atoms with Crippen LogP contribution in [0.4, 0.5) is 15.8 Å². The standard InChI is InChI=1S/C18H15ClFN3O2/c19-14-2-1-3-16(17(14)23-6-8-25-9-7-23)22-18(24)13-5-4-12(11-21)10-15(13)20/h1-5,10H,6-9H2,(H,22,24). The van der Waals surface area contributed by atoms with E-state index in [1.165, 1.54) is 12.1 Å². The van der Waals surface area contributed by atoms with Crippen LogP contribution in [0.15, 0.2) is 36.4 Å². The van der Waals surface area contributed by atoms with E-state index in [0.717, 1.165) is 6.07 Å². The predicted molar refractivity (Wildman–Crippen MR) is 93.6 cm³/mol. The van der Waals surface area contributed by atoms with Crippen molar-refractivity contribution in [2.24, 2.45) is 0 Å². The van der Waals surface area contributed by atoms with Crippen molar-refractivity contribution in [3.05, 3.63) is 58.4 Å². The lowest BCUT2D eigenvalue weighted by atomic mass is 10.1.